The third-order valence-electron chi connectivity index (χ3n) is 1.91. The van der Waals surface area contributed by atoms with Gasteiger partial charge in [0.2, 0.25) is 0 Å². The Bertz CT molecular complexity index is 418. The molecule has 7 heteroatoms. The van der Waals surface area contributed by atoms with E-state index in [4.69, 9.17) is 16.6 Å². The standard InChI is InChI=1S/C8H9N3O4/c9-6-4(7(10)8(12)13)2-1-3-5(6)11(14)15/h1-3,7H,9-10H2,(H,12,13)/t7-/m0/s1. The Kier molecular flexibility index (Phi) is 2.86. The molecule has 1 rings (SSSR count). The number of nitro groups is 1. The highest BCUT2D eigenvalue weighted by atomic mass is 16.6. The van der Waals surface area contributed by atoms with Crippen molar-refractivity contribution in [3.63, 3.8) is 0 Å². The van der Waals surface area contributed by atoms with Gasteiger partial charge in [-0.3, -0.25) is 14.9 Å². The minimum absolute atomic E-state index is 0.0386. The minimum Gasteiger partial charge on any atom is -0.480 e. The van der Waals surface area contributed by atoms with Crippen LogP contribution in [0.5, 0.6) is 0 Å². The predicted molar refractivity (Wildman–Crippen MR) is 52.1 cm³/mol. The Labute approximate surface area is 84.4 Å². The Morgan fingerprint density at radius 1 is 1.53 bits per heavy atom. The van der Waals surface area contributed by atoms with E-state index in [1.165, 1.54) is 18.2 Å². The largest absolute Gasteiger partial charge is 0.480 e. The molecule has 0 spiro atoms. The first-order valence-electron chi connectivity index (χ1n) is 3.96. The van der Waals surface area contributed by atoms with Gasteiger partial charge in [0, 0.05) is 11.6 Å². The number of anilines is 1. The van der Waals surface area contributed by atoms with Crippen molar-refractivity contribution in [1.29, 1.82) is 0 Å². The van der Waals surface area contributed by atoms with Crippen molar-refractivity contribution in [2.45, 2.75) is 6.04 Å². The molecular weight excluding hydrogens is 202 g/mol. The van der Waals surface area contributed by atoms with Crippen LogP contribution in [0.4, 0.5) is 11.4 Å². The number of hydrogen-bond acceptors (Lipinski definition) is 5. The van der Waals surface area contributed by atoms with Crippen LogP contribution in [0.3, 0.4) is 0 Å². The number of carboxylic acid groups (broad SMARTS) is 1. The fourth-order valence-corrected chi connectivity index (χ4v) is 1.13. The second kappa shape index (κ2) is 3.93. The molecule has 80 valence electrons. The molecule has 1 aromatic carbocycles. The molecule has 15 heavy (non-hydrogen) atoms. The summed E-state index contributed by atoms with van der Waals surface area (Å²) in [6.07, 6.45) is 0. The van der Waals surface area contributed by atoms with Gasteiger partial charge < -0.3 is 16.6 Å². The second-order valence-electron chi connectivity index (χ2n) is 2.85. The Morgan fingerprint density at radius 3 is 2.60 bits per heavy atom. The van der Waals surface area contributed by atoms with Crippen LogP contribution in [-0.2, 0) is 4.79 Å². The smallest absolute Gasteiger partial charge is 0.325 e. The molecule has 0 radical (unpaired) electrons. The van der Waals surface area contributed by atoms with Crippen LogP contribution in [0.25, 0.3) is 0 Å². The van der Waals surface area contributed by atoms with Gasteiger partial charge in [0.1, 0.15) is 11.7 Å². The number of aliphatic carboxylic acids is 1. The fraction of sp³-hybridized carbons (Fsp3) is 0.125. The lowest BCUT2D eigenvalue weighted by atomic mass is 10.0. The van der Waals surface area contributed by atoms with Crippen LogP contribution in [0.1, 0.15) is 11.6 Å². The summed E-state index contributed by atoms with van der Waals surface area (Å²) in [5.41, 5.74) is 10.2. The average Bonchev–Trinajstić information content (AvgIpc) is 2.16. The lowest BCUT2D eigenvalue weighted by Crippen LogP contribution is -2.22. The van der Waals surface area contributed by atoms with Gasteiger partial charge in [-0.15, -0.1) is 0 Å². The van der Waals surface area contributed by atoms with E-state index in [1.807, 2.05) is 0 Å². The van der Waals surface area contributed by atoms with Gasteiger partial charge in [-0.2, -0.15) is 0 Å². The number of nitrogens with two attached hydrogens (primary N) is 2. The molecule has 0 bridgehead atoms. The number of rotatable bonds is 3. The van der Waals surface area contributed by atoms with Gasteiger partial charge in [0.25, 0.3) is 5.69 Å². The summed E-state index contributed by atoms with van der Waals surface area (Å²) in [5, 5.41) is 19.1. The first-order valence-corrected chi connectivity index (χ1v) is 3.96. The van der Waals surface area contributed by atoms with Crippen LogP contribution in [0, 0.1) is 10.1 Å². The SMILES string of the molecule is Nc1c([C@H](N)C(=O)O)cccc1[N+](=O)[O-]. The van der Waals surface area contributed by atoms with Crippen molar-refractivity contribution >= 4 is 17.3 Å². The number of carboxylic acids is 1. The predicted octanol–water partition coefficient (Wildman–Crippen LogP) is 0.261. The van der Waals surface area contributed by atoms with E-state index in [9.17, 15) is 14.9 Å². The van der Waals surface area contributed by atoms with Gasteiger partial charge in [-0.05, 0) is 0 Å². The molecule has 1 atom stereocenters. The molecule has 0 aromatic heterocycles. The molecule has 7 nitrogen and oxygen atoms in total. The zero-order valence-corrected chi connectivity index (χ0v) is 7.58. The number of nitrogen functional groups attached to an aromatic ring is 1. The van der Waals surface area contributed by atoms with Crippen LogP contribution < -0.4 is 11.5 Å². The van der Waals surface area contributed by atoms with E-state index in [0.717, 1.165) is 0 Å². The van der Waals surface area contributed by atoms with E-state index >= 15 is 0 Å². The quantitative estimate of drug-likeness (QED) is 0.373. The van der Waals surface area contributed by atoms with Gasteiger partial charge >= 0.3 is 5.97 Å². The molecule has 0 saturated heterocycles. The van der Waals surface area contributed by atoms with Gasteiger partial charge in [-0.1, -0.05) is 12.1 Å². The summed E-state index contributed by atoms with van der Waals surface area (Å²) >= 11 is 0. The van der Waals surface area contributed by atoms with Crippen LogP contribution in [0.15, 0.2) is 18.2 Å². The first-order chi connectivity index (χ1) is 6.95. The van der Waals surface area contributed by atoms with Gasteiger partial charge in [0.05, 0.1) is 4.92 Å². The molecule has 0 aliphatic rings. The molecule has 0 aliphatic heterocycles. The summed E-state index contributed by atoms with van der Waals surface area (Å²) in [6.45, 7) is 0. The summed E-state index contributed by atoms with van der Waals surface area (Å²) in [4.78, 5) is 20.4. The van der Waals surface area contributed by atoms with E-state index in [1.54, 1.807) is 0 Å². The summed E-state index contributed by atoms with van der Waals surface area (Å²) in [7, 11) is 0. The maximum atomic E-state index is 10.6. The third kappa shape index (κ3) is 2.02. The van der Waals surface area contributed by atoms with Crippen molar-refractivity contribution in [2.75, 3.05) is 5.73 Å². The molecule has 0 aliphatic carbocycles. The molecule has 0 heterocycles. The topological polar surface area (TPSA) is 132 Å². The van der Waals surface area contributed by atoms with E-state index in [0.29, 0.717) is 0 Å². The Hall–Kier alpha value is -2.15. The van der Waals surface area contributed by atoms with Crippen molar-refractivity contribution in [1.82, 2.24) is 0 Å². The lowest BCUT2D eigenvalue weighted by Gasteiger charge is -2.09. The highest BCUT2D eigenvalue weighted by molar-refractivity contribution is 5.79. The summed E-state index contributed by atoms with van der Waals surface area (Å²) in [5.74, 6) is -1.29. The van der Waals surface area contributed by atoms with Crippen molar-refractivity contribution in [3.05, 3.63) is 33.9 Å². The van der Waals surface area contributed by atoms with Crippen LogP contribution >= 0.6 is 0 Å². The number of benzene rings is 1. The van der Waals surface area contributed by atoms with Crippen LogP contribution in [0.2, 0.25) is 0 Å². The zero-order valence-electron chi connectivity index (χ0n) is 7.58. The molecular formula is C8H9N3O4. The average molecular weight is 211 g/mol. The molecule has 0 saturated carbocycles. The van der Waals surface area contributed by atoms with E-state index in [2.05, 4.69) is 0 Å². The van der Waals surface area contributed by atoms with Crippen molar-refractivity contribution in [3.8, 4) is 0 Å². The second-order valence-corrected chi connectivity index (χ2v) is 2.85. The summed E-state index contributed by atoms with van der Waals surface area (Å²) < 4.78 is 0. The zero-order chi connectivity index (χ0) is 11.6. The van der Waals surface area contributed by atoms with Gasteiger partial charge in [0.15, 0.2) is 0 Å². The number of nitro benzene ring substituents is 1. The minimum atomic E-state index is -1.36. The molecule has 0 unspecified atom stereocenters. The number of para-hydroxylation sites is 1. The highest BCUT2D eigenvalue weighted by Crippen LogP contribution is 2.28. The highest BCUT2D eigenvalue weighted by Gasteiger charge is 2.22. The normalized spacial score (nSPS) is 12.1. The fourth-order valence-electron chi connectivity index (χ4n) is 1.13. The first kappa shape index (κ1) is 10.9. The Balaban J connectivity index is 3.26. The lowest BCUT2D eigenvalue weighted by molar-refractivity contribution is -0.383. The molecule has 0 amide bonds. The maximum Gasteiger partial charge on any atom is 0.325 e. The summed E-state index contributed by atoms with van der Waals surface area (Å²) in [6, 6.07) is 2.52. The molecule has 0 fully saturated rings. The van der Waals surface area contributed by atoms with Crippen molar-refractivity contribution < 1.29 is 14.8 Å². The maximum absolute atomic E-state index is 10.6. The molecule has 1 aromatic rings. The Morgan fingerprint density at radius 2 is 2.13 bits per heavy atom. The van der Waals surface area contributed by atoms with E-state index < -0.39 is 16.9 Å². The third-order valence-corrected chi connectivity index (χ3v) is 1.91. The van der Waals surface area contributed by atoms with Crippen molar-refractivity contribution in [2.24, 2.45) is 5.73 Å². The van der Waals surface area contributed by atoms with Gasteiger partial charge in [-0.25, -0.2) is 0 Å². The number of nitrogens with zero attached hydrogens (tertiary/aromatic N) is 1. The number of carbonyl (C=O) groups is 1. The van der Waals surface area contributed by atoms with E-state index in [-0.39, 0.29) is 16.9 Å². The molecule has 5 N–H and O–H groups in total. The van der Waals surface area contributed by atoms with Crippen LogP contribution in [-0.4, -0.2) is 16.0 Å². The number of hydrogen-bond donors (Lipinski definition) is 3. The monoisotopic (exact) mass is 211 g/mol.